The van der Waals surface area contributed by atoms with Gasteiger partial charge in [-0.2, -0.15) is 0 Å². The van der Waals surface area contributed by atoms with Gasteiger partial charge in [0.05, 0.1) is 0 Å². The second-order valence-corrected chi connectivity index (χ2v) is 3.82. The first-order valence-electron chi connectivity index (χ1n) is 6.01. The number of hydrogen-bond acceptors (Lipinski definition) is 5. The van der Waals surface area contributed by atoms with Crippen molar-refractivity contribution in [1.29, 1.82) is 0 Å². The molecule has 1 unspecified atom stereocenters. The molecule has 0 saturated carbocycles. The lowest BCUT2D eigenvalue weighted by molar-refractivity contribution is -0.152. The van der Waals surface area contributed by atoms with Crippen LogP contribution in [-0.4, -0.2) is 25.3 Å². The molecule has 5 heteroatoms. The van der Waals surface area contributed by atoms with Crippen LogP contribution in [0, 0.1) is 11.8 Å². The maximum atomic E-state index is 11.1. The summed E-state index contributed by atoms with van der Waals surface area (Å²) in [6.45, 7) is 2.56. The van der Waals surface area contributed by atoms with Gasteiger partial charge in [-0.15, -0.1) is 0 Å². The molecule has 0 bridgehead atoms. The van der Waals surface area contributed by atoms with Crippen LogP contribution in [0.3, 0.4) is 0 Å². The predicted octanol–water partition coefficient (Wildman–Crippen LogP) is 1.83. The molecule has 0 saturated heterocycles. The van der Waals surface area contributed by atoms with Crippen molar-refractivity contribution in [2.45, 2.75) is 20.0 Å². The van der Waals surface area contributed by atoms with Crippen molar-refractivity contribution in [3.05, 3.63) is 35.9 Å². The van der Waals surface area contributed by atoms with Gasteiger partial charge in [0.25, 0.3) is 0 Å². The molecular formula is C15H16O5. The highest BCUT2D eigenvalue weighted by Crippen LogP contribution is 2.16. The Bertz CT molecular complexity index is 498. The van der Waals surface area contributed by atoms with Crippen molar-refractivity contribution in [2.24, 2.45) is 0 Å². The standard InChI is InChI=1S/C15H16O5/c1-12(16)19-11-18-10-6-9-15(20-13(2)17)14-7-4-3-5-8-14/h3-5,7-8,15H,10-11H2,1-2H3. The van der Waals surface area contributed by atoms with Crippen LogP contribution in [0.2, 0.25) is 0 Å². The second-order valence-electron chi connectivity index (χ2n) is 3.82. The Morgan fingerprint density at radius 2 is 1.85 bits per heavy atom. The summed E-state index contributed by atoms with van der Waals surface area (Å²) in [7, 11) is 0. The van der Waals surface area contributed by atoms with Crippen molar-refractivity contribution in [3.8, 4) is 11.8 Å². The van der Waals surface area contributed by atoms with E-state index in [1.807, 2.05) is 30.3 Å². The van der Waals surface area contributed by atoms with E-state index in [2.05, 4.69) is 16.6 Å². The third-order valence-electron chi connectivity index (χ3n) is 2.14. The van der Waals surface area contributed by atoms with E-state index in [0.29, 0.717) is 0 Å². The SMILES string of the molecule is CC(=O)OCOCC#CC(OC(C)=O)c1ccccc1. The van der Waals surface area contributed by atoms with Crippen LogP contribution in [0.15, 0.2) is 30.3 Å². The first-order valence-corrected chi connectivity index (χ1v) is 6.01. The fourth-order valence-electron chi connectivity index (χ4n) is 1.33. The highest BCUT2D eigenvalue weighted by molar-refractivity contribution is 5.66. The summed E-state index contributed by atoms with van der Waals surface area (Å²) in [5, 5.41) is 0. The van der Waals surface area contributed by atoms with E-state index in [0.717, 1.165) is 5.56 Å². The zero-order valence-corrected chi connectivity index (χ0v) is 11.4. The lowest BCUT2D eigenvalue weighted by Gasteiger charge is -2.10. The van der Waals surface area contributed by atoms with Gasteiger partial charge in [-0.3, -0.25) is 9.59 Å². The Balaban J connectivity index is 2.54. The Labute approximate surface area is 117 Å². The molecule has 0 heterocycles. The van der Waals surface area contributed by atoms with Gasteiger partial charge in [0.15, 0.2) is 12.9 Å². The summed E-state index contributed by atoms with van der Waals surface area (Å²) >= 11 is 0. The lowest BCUT2D eigenvalue weighted by atomic mass is 10.1. The number of hydrogen-bond donors (Lipinski definition) is 0. The Kier molecular flexibility index (Phi) is 6.87. The van der Waals surface area contributed by atoms with Gasteiger partial charge in [0.2, 0.25) is 0 Å². The van der Waals surface area contributed by atoms with Gasteiger partial charge in [-0.05, 0) is 0 Å². The molecule has 0 fully saturated rings. The summed E-state index contributed by atoms with van der Waals surface area (Å²) in [5.74, 6) is 4.69. The van der Waals surface area contributed by atoms with Crippen molar-refractivity contribution >= 4 is 11.9 Å². The third-order valence-corrected chi connectivity index (χ3v) is 2.14. The highest BCUT2D eigenvalue weighted by Gasteiger charge is 2.10. The molecule has 1 rings (SSSR count). The molecule has 0 aromatic heterocycles. The summed E-state index contributed by atoms with van der Waals surface area (Å²) in [4.78, 5) is 21.6. The van der Waals surface area contributed by atoms with Crippen LogP contribution >= 0.6 is 0 Å². The fourth-order valence-corrected chi connectivity index (χ4v) is 1.33. The quantitative estimate of drug-likeness (QED) is 0.355. The van der Waals surface area contributed by atoms with Gasteiger partial charge in [0.1, 0.15) is 6.61 Å². The minimum Gasteiger partial charge on any atom is -0.444 e. The maximum absolute atomic E-state index is 11.1. The molecule has 1 aromatic carbocycles. The fraction of sp³-hybridized carbons (Fsp3) is 0.333. The third kappa shape index (κ3) is 6.57. The summed E-state index contributed by atoms with van der Waals surface area (Å²) in [6, 6.07) is 9.18. The minimum absolute atomic E-state index is 0.0812. The molecule has 1 aromatic rings. The van der Waals surface area contributed by atoms with Crippen LogP contribution < -0.4 is 0 Å². The topological polar surface area (TPSA) is 61.8 Å². The van der Waals surface area contributed by atoms with Gasteiger partial charge in [0, 0.05) is 19.4 Å². The van der Waals surface area contributed by atoms with Crippen molar-refractivity contribution in [3.63, 3.8) is 0 Å². The normalized spacial score (nSPS) is 10.9. The molecule has 1 atom stereocenters. The lowest BCUT2D eigenvalue weighted by Crippen LogP contribution is -2.07. The van der Waals surface area contributed by atoms with E-state index in [-0.39, 0.29) is 13.4 Å². The summed E-state index contributed by atoms with van der Waals surface area (Å²) < 4.78 is 14.7. The smallest absolute Gasteiger partial charge is 0.304 e. The molecular weight excluding hydrogens is 260 g/mol. The van der Waals surface area contributed by atoms with Gasteiger partial charge in [-0.1, -0.05) is 42.2 Å². The highest BCUT2D eigenvalue weighted by atomic mass is 16.7. The molecule has 5 nitrogen and oxygen atoms in total. The van der Waals surface area contributed by atoms with Crippen molar-refractivity contribution in [2.75, 3.05) is 13.4 Å². The van der Waals surface area contributed by atoms with E-state index < -0.39 is 18.0 Å². The van der Waals surface area contributed by atoms with Crippen LogP contribution in [0.5, 0.6) is 0 Å². The zero-order valence-electron chi connectivity index (χ0n) is 11.4. The van der Waals surface area contributed by atoms with E-state index >= 15 is 0 Å². The number of ether oxygens (including phenoxy) is 3. The van der Waals surface area contributed by atoms with Gasteiger partial charge < -0.3 is 14.2 Å². The number of rotatable bonds is 5. The molecule has 0 radical (unpaired) electrons. The monoisotopic (exact) mass is 276 g/mol. The van der Waals surface area contributed by atoms with Crippen molar-refractivity contribution in [1.82, 2.24) is 0 Å². The number of carbonyl (C=O) groups excluding carboxylic acids is 2. The molecule has 0 amide bonds. The first-order chi connectivity index (χ1) is 9.59. The molecule has 106 valence electrons. The number of carbonyl (C=O) groups is 2. The Morgan fingerprint density at radius 3 is 2.45 bits per heavy atom. The predicted molar refractivity (Wildman–Crippen MR) is 71.3 cm³/mol. The van der Waals surface area contributed by atoms with E-state index in [1.54, 1.807) is 0 Å². The largest absolute Gasteiger partial charge is 0.444 e. The summed E-state index contributed by atoms with van der Waals surface area (Å²) in [5.41, 5.74) is 0.787. The minimum atomic E-state index is -0.633. The Hall–Kier alpha value is -2.32. The molecule has 0 spiro atoms. The molecule has 0 aliphatic heterocycles. The van der Waals surface area contributed by atoms with E-state index in [9.17, 15) is 9.59 Å². The molecule has 0 N–H and O–H groups in total. The summed E-state index contributed by atoms with van der Waals surface area (Å²) in [6.07, 6.45) is -0.633. The number of esters is 2. The van der Waals surface area contributed by atoms with Gasteiger partial charge >= 0.3 is 11.9 Å². The van der Waals surface area contributed by atoms with Crippen LogP contribution in [0.1, 0.15) is 25.5 Å². The van der Waals surface area contributed by atoms with Gasteiger partial charge in [-0.25, -0.2) is 0 Å². The number of benzene rings is 1. The maximum Gasteiger partial charge on any atom is 0.304 e. The zero-order chi connectivity index (χ0) is 14.8. The van der Waals surface area contributed by atoms with E-state index in [1.165, 1.54) is 13.8 Å². The van der Waals surface area contributed by atoms with Crippen LogP contribution in [0.25, 0.3) is 0 Å². The van der Waals surface area contributed by atoms with Crippen LogP contribution in [-0.2, 0) is 23.8 Å². The average molecular weight is 276 g/mol. The molecule has 0 aliphatic rings. The average Bonchev–Trinajstić information content (AvgIpc) is 2.41. The van der Waals surface area contributed by atoms with E-state index in [4.69, 9.17) is 9.47 Å². The van der Waals surface area contributed by atoms with Crippen LogP contribution in [0.4, 0.5) is 0 Å². The Morgan fingerprint density at radius 1 is 1.15 bits per heavy atom. The molecule has 0 aliphatic carbocycles. The second kappa shape index (κ2) is 8.73. The van der Waals surface area contributed by atoms with Crippen molar-refractivity contribution < 1.29 is 23.8 Å². The molecule has 20 heavy (non-hydrogen) atoms. The first kappa shape index (κ1) is 15.7.